The molecule has 0 spiro atoms. The van der Waals surface area contributed by atoms with E-state index in [2.05, 4.69) is 17.2 Å². The van der Waals surface area contributed by atoms with E-state index in [9.17, 15) is 4.79 Å². The maximum absolute atomic E-state index is 11.1. The Morgan fingerprint density at radius 1 is 1.37 bits per heavy atom. The summed E-state index contributed by atoms with van der Waals surface area (Å²) in [5.74, 6) is 5.61. The minimum atomic E-state index is -0.503. The quantitative estimate of drug-likeness (QED) is 0.835. The van der Waals surface area contributed by atoms with Gasteiger partial charge in [0.1, 0.15) is 5.75 Å². The summed E-state index contributed by atoms with van der Waals surface area (Å²) in [5, 5.41) is 2.39. The van der Waals surface area contributed by atoms with Gasteiger partial charge in [0.25, 0.3) is 0 Å². The SMILES string of the molecule is C#CCN(CC#C)c1ccc(OC(=O)NC)cc1C. The van der Waals surface area contributed by atoms with Crippen LogP contribution in [0.15, 0.2) is 18.2 Å². The van der Waals surface area contributed by atoms with Gasteiger partial charge in [-0.3, -0.25) is 0 Å². The summed E-state index contributed by atoms with van der Waals surface area (Å²) in [7, 11) is 1.51. The zero-order valence-electron chi connectivity index (χ0n) is 11.1. The molecule has 98 valence electrons. The summed E-state index contributed by atoms with van der Waals surface area (Å²) in [6.07, 6.45) is 10.1. The van der Waals surface area contributed by atoms with Gasteiger partial charge in [-0.25, -0.2) is 4.79 Å². The maximum atomic E-state index is 11.1. The number of ether oxygens (including phenoxy) is 1. The molecule has 0 saturated carbocycles. The third-order valence-electron chi connectivity index (χ3n) is 2.49. The van der Waals surface area contributed by atoms with Crippen LogP contribution in [0.1, 0.15) is 5.56 Å². The lowest BCUT2D eigenvalue weighted by molar-refractivity contribution is 0.203. The minimum absolute atomic E-state index is 0.431. The van der Waals surface area contributed by atoms with Crippen LogP contribution in [0.4, 0.5) is 10.5 Å². The third-order valence-corrected chi connectivity index (χ3v) is 2.49. The van der Waals surface area contributed by atoms with Crippen molar-refractivity contribution in [3.63, 3.8) is 0 Å². The summed E-state index contributed by atoms with van der Waals surface area (Å²) in [5.41, 5.74) is 1.87. The predicted molar refractivity (Wildman–Crippen MR) is 76.1 cm³/mol. The number of carbonyl (C=O) groups is 1. The van der Waals surface area contributed by atoms with Gasteiger partial charge in [-0.1, -0.05) is 11.8 Å². The molecule has 0 fully saturated rings. The number of hydrogen-bond donors (Lipinski definition) is 1. The summed E-state index contributed by atoms with van der Waals surface area (Å²) >= 11 is 0. The van der Waals surface area contributed by atoms with Crippen molar-refractivity contribution in [3.8, 4) is 30.4 Å². The van der Waals surface area contributed by atoms with E-state index in [1.54, 1.807) is 12.1 Å². The Morgan fingerprint density at radius 2 is 2.00 bits per heavy atom. The van der Waals surface area contributed by atoms with Gasteiger partial charge in [-0.05, 0) is 30.7 Å². The molecule has 1 aromatic rings. The van der Waals surface area contributed by atoms with E-state index in [1.807, 2.05) is 17.9 Å². The van der Waals surface area contributed by atoms with Crippen molar-refractivity contribution < 1.29 is 9.53 Å². The first-order valence-electron chi connectivity index (χ1n) is 5.74. The molecule has 4 heteroatoms. The Hall–Kier alpha value is -2.59. The lowest BCUT2D eigenvalue weighted by atomic mass is 10.1. The summed E-state index contributed by atoms with van der Waals surface area (Å²) in [6.45, 7) is 2.77. The fraction of sp³-hybridized carbons (Fsp3) is 0.267. The smallest absolute Gasteiger partial charge is 0.410 e. The van der Waals surface area contributed by atoms with E-state index in [-0.39, 0.29) is 0 Å². The van der Waals surface area contributed by atoms with Crippen LogP contribution in [0.2, 0.25) is 0 Å². The molecule has 4 nitrogen and oxygen atoms in total. The first kappa shape index (κ1) is 14.5. The molecular weight excluding hydrogens is 240 g/mol. The average Bonchev–Trinajstić information content (AvgIpc) is 2.38. The Labute approximate surface area is 113 Å². The van der Waals surface area contributed by atoms with Crippen LogP contribution in [-0.4, -0.2) is 26.2 Å². The van der Waals surface area contributed by atoms with Crippen molar-refractivity contribution >= 4 is 11.8 Å². The second kappa shape index (κ2) is 6.98. The number of anilines is 1. The van der Waals surface area contributed by atoms with Crippen molar-refractivity contribution in [1.29, 1.82) is 0 Å². The van der Waals surface area contributed by atoms with Gasteiger partial charge < -0.3 is 15.0 Å². The molecule has 0 saturated heterocycles. The Morgan fingerprint density at radius 3 is 2.47 bits per heavy atom. The second-order valence-electron chi connectivity index (χ2n) is 3.85. The van der Waals surface area contributed by atoms with E-state index in [1.165, 1.54) is 7.05 Å². The standard InChI is InChI=1S/C15H16N2O2/c1-5-9-17(10-6-2)14-8-7-13(11-12(14)3)19-15(18)16-4/h1-2,7-8,11H,9-10H2,3-4H3,(H,16,18). The van der Waals surface area contributed by atoms with Gasteiger partial charge >= 0.3 is 6.09 Å². The average molecular weight is 256 g/mol. The normalized spacial score (nSPS) is 9.05. The topological polar surface area (TPSA) is 41.6 Å². The number of benzene rings is 1. The van der Waals surface area contributed by atoms with Gasteiger partial charge in [0.2, 0.25) is 0 Å². The zero-order chi connectivity index (χ0) is 14.3. The first-order chi connectivity index (χ1) is 9.12. The van der Waals surface area contributed by atoms with Gasteiger partial charge in [0, 0.05) is 12.7 Å². The van der Waals surface area contributed by atoms with Crippen LogP contribution in [0, 0.1) is 31.6 Å². The molecule has 1 aromatic carbocycles. The minimum Gasteiger partial charge on any atom is -0.410 e. The predicted octanol–water partition coefficient (Wildman–Crippen LogP) is 1.79. The zero-order valence-corrected chi connectivity index (χ0v) is 11.1. The molecule has 0 unspecified atom stereocenters. The van der Waals surface area contributed by atoms with E-state index >= 15 is 0 Å². The Bertz CT molecular complexity index is 522. The molecule has 0 aliphatic rings. The molecule has 0 aliphatic heterocycles. The summed E-state index contributed by atoms with van der Waals surface area (Å²) in [6, 6.07) is 5.31. The molecule has 1 rings (SSSR count). The van der Waals surface area contributed by atoms with E-state index in [0.717, 1.165) is 11.3 Å². The van der Waals surface area contributed by atoms with Crippen LogP contribution < -0.4 is 15.0 Å². The van der Waals surface area contributed by atoms with Gasteiger partial charge in [0.15, 0.2) is 0 Å². The third kappa shape index (κ3) is 3.97. The molecule has 0 aromatic heterocycles. The first-order valence-corrected chi connectivity index (χ1v) is 5.74. The molecule has 19 heavy (non-hydrogen) atoms. The Kier molecular flexibility index (Phi) is 5.32. The molecule has 0 bridgehead atoms. The molecule has 0 radical (unpaired) electrons. The maximum Gasteiger partial charge on any atom is 0.412 e. The van der Waals surface area contributed by atoms with Crippen LogP contribution in [0.3, 0.4) is 0 Å². The van der Waals surface area contributed by atoms with Crippen LogP contribution in [0.25, 0.3) is 0 Å². The number of rotatable bonds is 4. The number of carbonyl (C=O) groups excluding carboxylic acids is 1. The summed E-state index contributed by atoms with van der Waals surface area (Å²) < 4.78 is 5.05. The van der Waals surface area contributed by atoms with Crippen LogP contribution >= 0.6 is 0 Å². The van der Waals surface area contributed by atoms with Crippen LogP contribution in [-0.2, 0) is 0 Å². The van der Waals surface area contributed by atoms with Gasteiger partial charge in [-0.15, -0.1) is 12.8 Å². The van der Waals surface area contributed by atoms with Crippen molar-refractivity contribution in [1.82, 2.24) is 5.32 Å². The molecule has 0 aliphatic carbocycles. The Balaban J connectivity index is 2.96. The summed E-state index contributed by atoms with van der Waals surface area (Å²) in [4.78, 5) is 13.0. The molecular formula is C15H16N2O2. The number of terminal acetylenes is 2. The van der Waals surface area contributed by atoms with Gasteiger partial charge in [0.05, 0.1) is 13.1 Å². The van der Waals surface area contributed by atoms with Gasteiger partial charge in [-0.2, -0.15) is 0 Å². The molecule has 1 N–H and O–H groups in total. The number of amides is 1. The highest BCUT2D eigenvalue weighted by atomic mass is 16.5. The molecule has 1 amide bonds. The fourth-order valence-corrected chi connectivity index (χ4v) is 1.65. The van der Waals surface area contributed by atoms with Crippen molar-refractivity contribution in [2.75, 3.05) is 25.0 Å². The number of nitrogens with zero attached hydrogens (tertiary/aromatic N) is 1. The van der Waals surface area contributed by atoms with Crippen LogP contribution in [0.5, 0.6) is 5.75 Å². The molecule has 0 atom stereocenters. The highest BCUT2D eigenvalue weighted by molar-refractivity contribution is 5.70. The second-order valence-corrected chi connectivity index (χ2v) is 3.85. The van der Waals surface area contributed by atoms with Crippen molar-refractivity contribution in [2.45, 2.75) is 6.92 Å². The van der Waals surface area contributed by atoms with E-state index in [0.29, 0.717) is 18.8 Å². The van der Waals surface area contributed by atoms with E-state index in [4.69, 9.17) is 17.6 Å². The van der Waals surface area contributed by atoms with Crippen molar-refractivity contribution in [3.05, 3.63) is 23.8 Å². The van der Waals surface area contributed by atoms with E-state index < -0.39 is 6.09 Å². The molecule has 0 heterocycles. The lowest BCUT2D eigenvalue weighted by Gasteiger charge is -2.22. The monoisotopic (exact) mass is 256 g/mol. The highest BCUT2D eigenvalue weighted by Gasteiger charge is 2.09. The number of hydrogen-bond acceptors (Lipinski definition) is 3. The lowest BCUT2D eigenvalue weighted by Crippen LogP contribution is -2.25. The fourth-order valence-electron chi connectivity index (χ4n) is 1.65. The highest BCUT2D eigenvalue weighted by Crippen LogP contribution is 2.24. The largest absolute Gasteiger partial charge is 0.412 e. The number of nitrogens with one attached hydrogen (secondary N) is 1. The number of aryl methyl sites for hydroxylation is 1. The van der Waals surface area contributed by atoms with Crippen molar-refractivity contribution in [2.24, 2.45) is 0 Å².